The van der Waals surface area contributed by atoms with Gasteiger partial charge in [-0.25, -0.2) is 0 Å². The molecule has 2 unspecified atom stereocenters. The molecule has 0 bridgehead atoms. The summed E-state index contributed by atoms with van der Waals surface area (Å²) >= 11 is 5.94. The molecule has 3 nitrogen and oxygen atoms in total. The van der Waals surface area contributed by atoms with Gasteiger partial charge < -0.3 is 10.1 Å². The van der Waals surface area contributed by atoms with E-state index >= 15 is 0 Å². The van der Waals surface area contributed by atoms with Gasteiger partial charge in [0.15, 0.2) is 0 Å². The van der Waals surface area contributed by atoms with Crippen molar-refractivity contribution < 1.29 is 9.53 Å². The van der Waals surface area contributed by atoms with E-state index in [1.165, 1.54) is 0 Å². The predicted octanol–water partition coefficient (Wildman–Crippen LogP) is 3.61. The van der Waals surface area contributed by atoms with E-state index in [1.807, 2.05) is 18.2 Å². The van der Waals surface area contributed by atoms with Gasteiger partial charge in [-0.05, 0) is 43.4 Å². The maximum atomic E-state index is 12.3. The van der Waals surface area contributed by atoms with Crippen LogP contribution < -0.4 is 10.1 Å². The van der Waals surface area contributed by atoms with Crippen LogP contribution in [-0.4, -0.2) is 24.4 Å². The van der Waals surface area contributed by atoms with Crippen molar-refractivity contribution in [3.05, 3.63) is 29.8 Å². The fraction of sp³-hybridized carbons (Fsp3) is 0.562. The molecule has 1 aromatic rings. The van der Waals surface area contributed by atoms with Crippen molar-refractivity contribution >= 4 is 17.5 Å². The van der Waals surface area contributed by atoms with Crippen LogP contribution in [0, 0.1) is 5.92 Å². The SMILES string of the molecule is CCCOc1cccc(C(=O)NC2CCCC2CCl)c1. The Hall–Kier alpha value is -1.22. The van der Waals surface area contributed by atoms with Gasteiger partial charge >= 0.3 is 0 Å². The van der Waals surface area contributed by atoms with Crippen LogP contribution in [0.5, 0.6) is 5.75 Å². The number of hydrogen-bond donors (Lipinski definition) is 1. The second kappa shape index (κ2) is 7.53. The molecule has 2 rings (SSSR count). The number of hydrogen-bond acceptors (Lipinski definition) is 2. The number of alkyl halides is 1. The van der Waals surface area contributed by atoms with E-state index in [4.69, 9.17) is 16.3 Å². The molecule has 110 valence electrons. The van der Waals surface area contributed by atoms with Crippen LogP contribution in [0.4, 0.5) is 0 Å². The molecule has 20 heavy (non-hydrogen) atoms. The normalized spacial score (nSPS) is 21.7. The smallest absolute Gasteiger partial charge is 0.251 e. The Kier molecular flexibility index (Phi) is 5.72. The third-order valence-corrected chi connectivity index (χ3v) is 4.14. The van der Waals surface area contributed by atoms with Crippen LogP contribution in [-0.2, 0) is 0 Å². The minimum absolute atomic E-state index is 0.0334. The van der Waals surface area contributed by atoms with E-state index in [1.54, 1.807) is 6.07 Å². The first-order chi connectivity index (χ1) is 9.74. The number of rotatable bonds is 6. The zero-order valence-corrected chi connectivity index (χ0v) is 12.7. The molecule has 1 fully saturated rings. The van der Waals surface area contributed by atoms with Gasteiger partial charge in [-0.15, -0.1) is 11.6 Å². The average molecular weight is 296 g/mol. The van der Waals surface area contributed by atoms with E-state index in [0.29, 0.717) is 24.0 Å². The fourth-order valence-corrected chi connectivity index (χ4v) is 2.98. The highest BCUT2D eigenvalue weighted by atomic mass is 35.5. The zero-order valence-electron chi connectivity index (χ0n) is 11.9. The summed E-state index contributed by atoms with van der Waals surface area (Å²) in [4.78, 5) is 12.3. The lowest BCUT2D eigenvalue weighted by Gasteiger charge is -2.19. The van der Waals surface area contributed by atoms with Crippen molar-refractivity contribution in [1.82, 2.24) is 5.32 Å². The number of benzene rings is 1. The van der Waals surface area contributed by atoms with Gasteiger partial charge in [0.05, 0.1) is 6.61 Å². The Bertz CT molecular complexity index is 450. The highest BCUT2D eigenvalue weighted by Gasteiger charge is 2.27. The van der Waals surface area contributed by atoms with Crippen LogP contribution in [0.3, 0.4) is 0 Å². The molecule has 2 atom stereocenters. The van der Waals surface area contributed by atoms with Crippen LogP contribution in [0.1, 0.15) is 43.0 Å². The molecule has 1 N–H and O–H groups in total. The van der Waals surface area contributed by atoms with Gasteiger partial charge in [-0.1, -0.05) is 19.4 Å². The fourth-order valence-electron chi connectivity index (χ4n) is 2.61. The molecule has 0 heterocycles. The standard InChI is InChI=1S/C16H22ClNO2/c1-2-9-20-14-7-3-5-12(10-14)16(19)18-15-8-4-6-13(15)11-17/h3,5,7,10,13,15H,2,4,6,8-9,11H2,1H3,(H,18,19). The minimum atomic E-state index is -0.0334. The lowest BCUT2D eigenvalue weighted by atomic mass is 10.1. The Morgan fingerprint density at radius 1 is 1.45 bits per heavy atom. The first kappa shape index (κ1) is 15.2. The number of ether oxygens (including phenoxy) is 1. The summed E-state index contributed by atoms with van der Waals surface area (Å²) in [5.74, 6) is 1.74. The average Bonchev–Trinajstić information content (AvgIpc) is 2.92. The Morgan fingerprint density at radius 2 is 2.30 bits per heavy atom. The maximum Gasteiger partial charge on any atom is 0.251 e. The third-order valence-electron chi connectivity index (χ3n) is 3.74. The summed E-state index contributed by atoms with van der Waals surface area (Å²) in [5.41, 5.74) is 0.652. The van der Waals surface area contributed by atoms with E-state index in [2.05, 4.69) is 12.2 Å². The van der Waals surface area contributed by atoms with Crippen LogP contribution >= 0.6 is 11.6 Å². The minimum Gasteiger partial charge on any atom is -0.494 e. The molecule has 1 amide bonds. The summed E-state index contributed by atoms with van der Waals surface area (Å²) < 4.78 is 5.56. The number of amides is 1. The van der Waals surface area contributed by atoms with Crippen molar-refractivity contribution in [2.45, 2.75) is 38.6 Å². The van der Waals surface area contributed by atoms with Gasteiger partial charge in [0.1, 0.15) is 5.75 Å². The molecule has 1 aliphatic carbocycles. The number of carbonyl (C=O) groups is 1. The quantitative estimate of drug-likeness (QED) is 0.814. The molecule has 1 saturated carbocycles. The summed E-state index contributed by atoms with van der Waals surface area (Å²) in [6.45, 7) is 2.73. The van der Waals surface area contributed by atoms with Crippen molar-refractivity contribution in [2.75, 3.05) is 12.5 Å². The summed E-state index contributed by atoms with van der Waals surface area (Å²) in [7, 11) is 0. The van der Waals surface area contributed by atoms with E-state index in [9.17, 15) is 4.79 Å². The Balaban J connectivity index is 1.98. The monoisotopic (exact) mass is 295 g/mol. The molecule has 0 aromatic heterocycles. The zero-order chi connectivity index (χ0) is 14.4. The first-order valence-corrected chi connectivity index (χ1v) is 7.87. The molecule has 1 aromatic carbocycles. The summed E-state index contributed by atoms with van der Waals surface area (Å²) in [6.07, 6.45) is 4.22. The van der Waals surface area contributed by atoms with Gasteiger partial charge in [0.2, 0.25) is 0 Å². The van der Waals surface area contributed by atoms with Gasteiger partial charge in [0, 0.05) is 17.5 Å². The van der Waals surface area contributed by atoms with Gasteiger partial charge in [0.25, 0.3) is 5.91 Å². The van der Waals surface area contributed by atoms with Crippen LogP contribution in [0.2, 0.25) is 0 Å². The van der Waals surface area contributed by atoms with Crippen molar-refractivity contribution in [3.63, 3.8) is 0 Å². The van der Waals surface area contributed by atoms with E-state index < -0.39 is 0 Å². The van der Waals surface area contributed by atoms with Crippen molar-refractivity contribution in [1.29, 1.82) is 0 Å². The highest BCUT2D eigenvalue weighted by molar-refractivity contribution is 6.18. The Morgan fingerprint density at radius 3 is 3.05 bits per heavy atom. The molecular formula is C16H22ClNO2. The Labute approximate surface area is 125 Å². The van der Waals surface area contributed by atoms with Crippen molar-refractivity contribution in [3.8, 4) is 5.75 Å². The molecular weight excluding hydrogens is 274 g/mol. The summed E-state index contributed by atoms with van der Waals surface area (Å²) in [6, 6.07) is 7.56. The molecule has 0 radical (unpaired) electrons. The maximum absolute atomic E-state index is 12.3. The third kappa shape index (κ3) is 3.89. The predicted molar refractivity (Wildman–Crippen MR) is 81.5 cm³/mol. The molecule has 0 saturated heterocycles. The first-order valence-electron chi connectivity index (χ1n) is 7.34. The van der Waals surface area contributed by atoms with E-state index in [0.717, 1.165) is 31.4 Å². The molecule has 4 heteroatoms. The van der Waals surface area contributed by atoms with Crippen LogP contribution in [0.25, 0.3) is 0 Å². The lowest BCUT2D eigenvalue weighted by Crippen LogP contribution is -2.37. The van der Waals surface area contributed by atoms with Gasteiger partial charge in [-0.3, -0.25) is 4.79 Å². The number of nitrogens with one attached hydrogen (secondary N) is 1. The lowest BCUT2D eigenvalue weighted by molar-refractivity contribution is 0.0929. The van der Waals surface area contributed by atoms with Crippen molar-refractivity contribution in [2.24, 2.45) is 5.92 Å². The largest absolute Gasteiger partial charge is 0.494 e. The molecule has 0 spiro atoms. The molecule has 1 aliphatic rings. The highest BCUT2D eigenvalue weighted by Crippen LogP contribution is 2.27. The number of carbonyl (C=O) groups excluding carboxylic acids is 1. The number of halogens is 1. The summed E-state index contributed by atoms with van der Waals surface area (Å²) in [5, 5.41) is 3.10. The topological polar surface area (TPSA) is 38.3 Å². The second-order valence-corrected chi connectivity index (χ2v) is 5.61. The van der Waals surface area contributed by atoms with E-state index in [-0.39, 0.29) is 11.9 Å². The molecule has 0 aliphatic heterocycles. The second-order valence-electron chi connectivity index (χ2n) is 5.30. The van der Waals surface area contributed by atoms with Gasteiger partial charge in [-0.2, -0.15) is 0 Å². The van der Waals surface area contributed by atoms with Crippen LogP contribution in [0.15, 0.2) is 24.3 Å².